The number of allylic oxidation sites excluding steroid dienone is 2. The second kappa shape index (κ2) is 7.47. The number of likely N-dealkylation sites (tertiary alicyclic amines) is 1. The molecule has 3 aliphatic rings. The lowest BCUT2D eigenvalue weighted by Gasteiger charge is -2.18. The van der Waals surface area contributed by atoms with Crippen LogP contribution < -0.4 is 10.6 Å². The number of nitrogens with zero attached hydrogens (tertiary/aromatic N) is 3. The van der Waals surface area contributed by atoms with E-state index in [0.29, 0.717) is 31.2 Å². The second-order valence-electron chi connectivity index (χ2n) is 7.49. The molecule has 2 amide bonds. The summed E-state index contributed by atoms with van der Waals surface area (Å²) >= 11 is 0. The maximum Gasteiger partial charge on any atom is 0.233 e. The Morgan fingerprint density at radius 1 is 1.14 bits per heavy atom. The molecule has 1 saturated carbocycles. The van der Waals surface area contributed by atoms with Gasteiger partial charge >= 0.3 is 0 Å². The normalized spacial score (nSPS) is 27.9. The predicted octanol–water partition coefficient (Wildman–Crippen LogP) is 1.03. The van der Waals surface area contributed by atoms with E-state index in [0.717, 1.165) is 12.0 Å². The fourth-order valence-corrected chi connectivity index (χ4v) is 4.57. The third-order valence-electron chi connectivity index (χ3n) is 5.96. The Kier molecular flexibility index (Phi) is 4.86. The first-order chi connectivity index (χ1) is 13.6. The van der Waals surface area contributed by atoms with Crippen molar-refractivity contribution in [2.24, 2.45) is 28.7 Å². The Morgan fingerprint density at radius 3 is 2.36 bits per heavy atom. The van der Waals surface area contributed by atoms with E-state index in [1.54, 1.807) is 19.2 Å². The standard InChI is InChI=1S/C21H23N5O2/c1-23-21(25-12-14-4-2-13(11-22)3-5-14)24-8-9-26-19(27)17-15-6-7-16(10-15)18(17)20(26)28/h2-7,15-18H,8-10,12H2,1H3,(H2,23,24,25). The van der Waals surface area contributed by atoms with Crippen LogP contribution in [0.15, 0.2) is 41.4 Å². The fourth-order valence-electron chi connectivity index (χ4n) is 4.57. The molecule has 1 aromatic carbocycles. The number of guanidine groups is 1. The van der Waals surface area contributed by atoms with Crippen molar-refractivity contribution < 1.29 is 9.59 Å². The first-order valence-electron chi connectivity index (χ1n) is 9.59. The van der Waals surface area contributed by atoms with Gasteiger partial charge in [-0.2, -0.15) is 5.26 Å². The molecule has 4 unspecified atom stereocenters. The summed E-state index contributed by atoms with van der Waals surface area (Å²) in [6, 6.07) is 9.43. The van der Waals surface area contributed by atoms with Gasteiger partial charge in [0.05, 0.1) is 23.5 Å². The molecule has 4 atom stereocenters. The highest BCUT2D eigenvalue weighted by Crippen LogP contribution is 2.52. The summed E-state index contributed by atoms with van der Waals surface area (Å²) in [7, 11) is 1.67. The number of carbonyl (C=O) groups excluding carboxylic acids is 2. The van der Waals surface area contributed by atoms with Gasteiger partial charge in [0.15, 0.2) is 5.96 Å². The minimum atomic E-state index is -0.142. The average Bonchev–Trinajstić information content (AvgIpc) is 3.40. The second-order valence-corrected chi connectivity index (χ2v) is 7.49. The van der Waals surface area contributed by atoms with Crippen LogP contribution in [-0.2, 0) is 16.1 Å². The zero-order valence-corrected chi connectivity index (χ0v) is 15.8. The summed E-state index contributed by atoms with van der Waals surface area (Å²) in [4.78, 5) is 30.9. The number of amides is 2. The summed E-state index contributed by atoms with van der Waals surface area (Å²) in [5.74, 6) is 0.763. The molecule has 4 rings (SSSR count). The minimum Gasteiger partial charge on any atom is -0.355 e. The van der Waals surface area contributed by atoms with Crippen LogP contribution in [0.5, 0.6) is 0 Å². The lowest BCUT2D eigenvalue weighted by Crippen LogP contribution is -2.43. The Bertz CT molecular complexity index is 853. The molecule has 1 saturated heterocycles. The monoisotopic (exact) mass is 377 g/mol. The van der Waals surface area contributed by atoms with Crippen LogP contribution in [0.25, 0.3) is 0 Å². The molecule has 2 N–H and O–H groups in total. The van der Waals surface area contributed by atoms with Crippen molar-refractivity contribution >= 4 is 17.8 Å². The molecule has 2 bridgehead atoms. The third kappa shape index (κ3) is 3.15. The molecule has 28 heavy (non-hydrogen) atoms. The predicted molar refractivity (Wildman–Crippen MR) is 104 cm³/mol. The number of fused-ring (bicyclic) bond motifs is 5. The molecule has 1 aliphatic heterocycles. The number of hydrogen-bond donors (Lipinski definition) is 2. The van der Waals surface area contributed by atoms with E-state index in [4.69, 9.17) is 5.26 Å². The van der Waals surface area contributed by atoms with Crippen molar-refractivity contribution in [3.05, 3.63) is 47.5 Å². The summed E-state index contributed by atoms with van der Waals surface area (Å²) in [6.07, 6.45) is 5.16. The van der Waals surface area contributed by atoms with Crippen molar-refractivity contribution in [1.29, 1.82) is 5.26 Å². The van der Waals surface area contributed by atoms with Crippen LogP contribution in [-0.4, -0.2) is 42.8 Å². The number of hydrogen-bond acceptors (Lipinski definition) is 4. The zero-order chi connectivity index (χ0) is 19.7. The average molecular weight is 377 g/mol. The molecule has 2 aliphatic carbocycles. The van der Waals surface area contributed by atoms with E-state index in [9.17, 15) is 9.59 Å². The summed E-state index contributed by atoms with van der Waals surface area (Å²) in [5, 5.41) is 15.2. The molecule has 1 aromatic rings. The maximum absolute atomic E-state index is 12.7. The topological polar surface area (TPSA) is 97.6 Å². The third-order valence-corrected chi connectivity index (χ3v) is 5.96. The number of nitrogens with one attached hydrogen (secondary N) is 2. The van der Waals surface area contributed by atoms with Crippen molar-refractivity contribution in [1.82, 2.24) is 15.5 Å². The van der Waals surface area contributed by atoms with Gasteiger partial charge in [0, 0.05) is 26.7 Å². The van der Waals surface area contributed by atoms with Crippen LogP contribution in [0.1, 0.15) is 17.5 Å². The minimum absolute atomic E-state index is 0.0193. The smallest absolute Gasteiger partial charge is 0.233 e. The van der Waals surface area contributed by atoms with Crippen LogP contribution in [0.2, 0.25) is 0 Å². The Labute approximate surface area is 164 Å². The van der Waals surface area contributed by atoms with Crippen molar-refractivity contribution in [2.75, 3.05) is 20.1 Å². The molecular weight excluding hydrogens is 354 g/mol. The molecule has 7 heteroatoms. The van der Waals surface area contributed by atoms with Crippen molar-refractivity contribution in [3.8, 4) is 6.07 Å². The van der Waals surface area contributed by atoms with Crippen molar-refractivity contribution in [3.63, 3.8) is 0 Å². The summed E-state index contributed by atoms with van der Waals surface area (Å²) < 4.78 is 0. The first kappa shape index (κ1) is 18.2. The van der Waals surface area contributed by atoms with E-state index in [2.05, 4.69) is 33.8 Å². The number of aliphatic imine (C=N–C) groups is 1. The Morgan fingerprint density at radius 2 is 1.79 bits per heavy atom. The quantitative estimate of drug-likeness (QED) is 0.346. The van der Waals surface area contributed by atoms with E-state index >= 15 is 0 Å². The molecule has 0 spiro atoms. The van der Waals surface area contributed by atoms with Gasteiger partial charge in [0.2, 0.25) is 11.8 Å². The maximum atomic E-state index is 12.7. The molecule has 1 heterocycles. The van der Waals surface area contributed by atoms with E-state index in [1.807, 2.05) is 12.1 Å². The molecule has 0 aromatic heterocycles. The van der Waals surface area contributed by atoms with E-state index in [1.165, 1.54) is 4.90 Å². The van der Waals surface area contributed by atoms with E-state index in [-0.39, 0.29) is 35.5 Å². The van der Waals surface area contributed by atoms with Gasteiger partial charge in [-0.25, -0.2) is 0 Å². The summed E-state index contributed by atoms with van der Waals surface area (Å²) in [5.41, 5.74) is 1.65. The number of imide groups is 1. The summed E-state index contributed by atoms with van der Waals surface area (Å²) in [6.45, 7) is 1.36. The SMILES string of the molecule is CN=C(NCCN1C(=O)C2C3C=CC(C3)C2C1=O)NCc1ccc(C#N)cc1. The van der Waals surface area contributed by atoms with Crippen molar-refractivity contribution in [2.45, 2.75) is 13.0 Å². The van der Waals surface area contributed by atoms with Gasteiger partial charge in [-0.05, 0) is 36.0 Å². The molecule has 7 nitrogen and oxygen atoms in total. The lowest BCUT2D eigenvalue weighted by molar-refractivity contribution is -0.140. The van der Waals surface area contributed by atoms with Crippen LogP contribution in [0.4, 0.5) is 0 Å². The number of carbonyl (C=O) groups is 2. The lowest BCUT2D eigenvalue weighted by atomic mass is 9.85. The fraction of sp³-hybridized carbons (Fsp3) is 0.429. The highest BCUT2D eigenvalue weighted by molar-refractivity contribution is 6.06. The van der Waals surface area contributed by atoms with Gasteiger partial charge in [0.1, 0.15) is 0 Å². The van der Waals surface area contributed by atoms with Crippen LogP contribution >= 0.6 is 0 Å². The number of benzene rings is 1. The highest BCUT2D eigenvalue weighted by atomic mass is 16.2. The molecule has 0 radical (unpaired) electrons. The van der Waals surface area contributed by atoms with Gasteiger partial charge < -0.3 is 10.6 Å². The first-order valence-corrected chi connectivity index (χ1v) is 9.59. The Hall–Kier alpha value is -3.14. The van der Waals surface area contributed by atoms with Gasteiger partial charge in [0.25, 0.3) is 0 Å². The van der Waals surface area contributed by atoms with Gasteiger partial charge in [-0.1, -0.05) is 24.3 Å². The number of nitriles is 1. The van der Waals surface area contributed by atoms with E-state index < -0.39 is 0 Å². The molecular formula is C21H23N5O2. The van der Waals surface area contributed by atoms with Crippen LogP contribution in [0.3, 0.4) is 0 Å². The number of rotatable bonds is 5. The Balaban J connectivity index is 1.26. The van der Waals surface area contributed by atoms with Crippen LogP contribution in [0, 0.1) is 35.0 Å². The van der Waals surface area contributed by atoms with Gasteiger partial charge in [-0.15, -0.1) is 0 Å². The molecule has 144 valence electrons. The zero-order valence-electron chi connectivity index (χ0n) is 15.8. The largest absolute Gasteiger partial charge is 0.355 e. The van der Waals surface area contributed by atoms with Gasteiger partial charge in [-0.3, -0.25) is 19.5 Å². The molecule has 2 fully saturated rings. The highest BCUT2D eigenvalue weighted by Gasteiger charge is 2.58.